The van der Waals surface area contributed by atoms with Gasteiger partial charge >= 0.3 is 0 Å². The quantitative estimate of drug-likeness (QED) is 0.614. The van der Waals surface area contributed by atoms with Gasteiger partial charge in [-0.05, 0) is 24.4 Å². The molecule has 2 nitrogen and oxygen atoms in total. The Balaban J connectivity index is 2.77. The number of halogens is 3. The normalized spacial score (nSPS) is 11.9. The summed E-state index contributed by atoms with van der Waals surface area (Å²) >= 11 is 5.08. The van der Waals surface area contributed by atoms with Gasteiger partial charge in [0, 0.05) is 17.3 Å². The Morgan fingerprint density at radius 1 is 1.11 bits per heavy atom. The van der Waals surface area contributed by atoms with Crippen LogP contribution in [0, 0.1) is 22.2 Å². The van der Waals surface area contributed by atoms with E-state index in [-0.39, 0.29) is 15.9 Å². The highest BCUT2D eigenvalue weighted by Crippen LogP contribution is 2.27. The zero-order valence-electron chi connectivity index (χ0n) is 10.7. The van der Waals surface area contributed by atoms with E-state index in [0.29, 0.717) is 5.69 Å². The Bertz CT molecular complexity index is 680. The lowest BCUT2D eigenvalue weighted by Crippen LogP contribution is -2.17. The summed E-state index contributed by atoms with van der Waals surface area (Å²) in [4.78, 5) is 2.80. The molecule has 0 aliphatic rings. The van der Waals surface area contributed by atoms with E-state index in [2.05, 4.69) is 4.98 Å². The second-order valence-electron chi connectivity index (χ2n) is 5.26. The Morgan fingerprint density at radius 3 is 2.32 bits per heavy atom. The van der Waals surface area contributed by atoms with Gasteiger partial charge in [-0.25, -0.2) is 13.2 Å². The minimum absolute atomic E-state index is 0.102. The lowest BCUT2D eigenvalue weighted by atomic mass is 9.92. The minimum atomic E-state index is -1.50. The molecule has 0 amide bonds. The SMILES string of the molecule is CC(C)(C)c1c[nH]c(=S)n1-c1ccc(F)c(F)c1F. The minimum Gasteiger partial charge on any atom is -0.337 e. The molecular weight excluding hydrogens is 273 g/mol. The van der Waals surface area contributed by atoms with Crippen molar-refractivity contribution in [3.8, 4) is 5.69 Å². The summed E-state index contributed by atoms with van der Waals surface area (Å²) in [7, 11) is 0. The number of benzene rings is 1. The third-order valence-corrected chi connectivity index (χ3v) is 3.10. The lowest BCUT2D eigenvalue weighted by molar-refractivity contribution is 0.442. The van der Waals surface area contributed by atoms with Crippen LogP contribution in [0.2, 0.25) is 0 Å². The maximum absolute atomic E-state index is 13.9. The molecule has 0 spiro atoms. The van der Waals surface area contributed by atoms with E-state index in [4.69, 9.17) is 12.2 Å². The van der Waals surface area contributed by atoms with Gasteiger partial charge in [0.05, 0.1) is 5.69 Å². The molecule has 0 aliphatic carbocycles. The van der Waals surface area contributed by atoms with Crippen LogP contribution in [0.5, 0.6) is 0 Å². The Labute approximate surface area is 113 Å². The fourth-order valence-corrected chi connectivity index (χ4v) is 2.10. The van der Waals surface area contributed by atoms with E-state index in [9.17, 15) is 13.2 Å². The molecule has 1 heterocycles. The van der Waals surface area contributed by atoms with Gasteiger partial charge in [0.15, 0.2) is 22.2 Å². The van der Waals surface area contributed by atoms with E-state index < -0.39 is 17.5 Å². The molecule has 0 unspecified atom stereocenters. The number of aromatic nitrogens is 2. The van der Waals surface area contributed by atoms with Crippen LogP contribution in [0.15, 0.2) is 18.3 Å². The third kappa shape index (κ3) is 2.32. The van der Waals surface area contributed by atoms with Crippen molar-refractivity contribution in [1.29, 1.82) is 0 Å². The molecule has 0 bridgehead atoms. The molecule has 0 radical (unpaired) electrons. The molecule has 2 aromatic rings. The van der Waals surface area contributed by atoms with Crippen LogP contribution < -0.4 is 0 Å². The number of hydrogen-bond acceptors (Lipinski definition) is 1. The topological polar surface area (TPSA) is 20.7 Å². The maximum atomic E-state index is 13.9. The standard InChI is InChI=1S/C13H13F3N2S/c1-13(2,3)9-6-17-12(19)18(9)8-5-4-7(14)10(15)11(8)16/h4-6H,1-3H3,(H,17,19). The monoisotopic (exact) mass is 286 g/mol. The van der Waals surface area contributed by atoms with E-state index in [1.54, 1.807) is 6.20 Å². The molecule has 19 heavy (non-hydrogen) atoms. The van der Waals surface area contributed by atoms with Crippen molar-refractivity contribution >= 4 is 12.2 Å². The predicted octanol–water partition coefficient (Wildman–Crippen LogP) is 4.25. The van der Waals surface area contributed by atoms with Crippen molar-refractivity contribution in [3.63, 3.8) is 0 Å². The van der Waals surface area contributed by atoms with Crippen molar-refractivity contribution in [1.82, 2.24) is 9.55 Å². The van der Waals surface area contributed by atoms with Crippen LogP contribution in [-0.4, -0.2) is 9.55 Å². The highest BCUT2D eigenvalue weighted by molar-refractivity contribution is 7.71. The molecule has 2 rings (SSSR count). The molecule has 102 valence electrons. The van der Waals surface area contributed by atoms with Gasteiger partial charge < -0.3 is 4.98 Å². The molecule has 0 fully saturated rings. The number of rotatable bonds is 1. The first kappa shape index (κ1) is 13.9. The average molecular weight is 286 g/mol. The molecule has 1 aromatic heterocycles. The Morgan fingerprint density at radius 2 is 1.74 bits per heavy atom. The number of hydrogen-bond donors (Lipinski definition) is 1. The summed E-state index contributed by atoms with van der Waals surface area (Å²) in [6.07, 6.45) is 1.64. The molecule has 1 aromatic carbocycles. The maximum Gasteiger partial charge on any atom is 0.196 e. The first-order valence-electron chi connectivity index (χ1n) is 5.68. The summed E-state index contributed by atoms with van der Waals surface area (Å²) in [6.45, 7) is 5.75. The van der Waals surface area contributed by atoms with Crippen molar-refractivity contribution in [3.05, 3.63) is 46.2 Å². The second-order valence-corrected chi connectivity index (χ2v) is 5.65. The number of imidazole rings is 1. The summed E-state index contributed by atoms with van der Waals surface area (Å²) < 4.78 is 41.8. The zero-order valence-corrected chi connectivity index (χ0v) is 11.5. The Hall–Kier alpha value is -1.56. The van der Waals surface area contributed by atoms with Gasteiger partial charge in [-0.3, -0.25) is 4.57 Å². The first-order chi connectivity index (χ1) is 8.73. The van der Waals surface area contributed by atoms with Gasteiger partial charge in [0.2, 0.25) is 0 Å². The van der Waals surface area contributed by atoms with E-state index >= 15 is 0 Å². The molecule has 1 N–H and O–H groups in total. The summed E-state index contributed by atoms with van der Waals surface area (Å²) in [5, 5.41) is 0. The van der Waals surface area contributed by atoms with Crippen LogP contribution in [0.3, 0.4) is 0 Å². The van der Waals surface area contributed by atoms with Crippen LogP contribution in [0.4, 0.5) is 13.2 Å². The molecule has 6 heteroatoms. The summed E-state index contributed by atoms with van der Waals surface area (Å²) in [5.74, 6) is -3.97. The molecule has 0 saturated heterocycles. The van der Waals surface area contributed by atoms with Crippen molar-refractivity contribution in [2.75, 3.05) is 0 Å². The van der Waals surface area contributed by atoms with E-state index in [1.165, 1.54) is 10.6 Å². The fraction of sp³-hybridized carbons (Fsp3) is 0.308. The van der Waals surface area contributed by atoms with Gasteiger partial charge in [0.25, 0.3) is 0 Å². The third-order valence-electron chi connectivity index (χ3n) is 2.80. The van der Waals surface area contributed by atoms with Crippen LogP contribution in [0.25, 0.3) is 5.69 Å². The van der Waals surface area contributed by atoms with E-state index in [0.717, 1.165) is 6.07 Å². The molecule has 0 atom stereocenters. The predicted molar refractivity (Wildman–Crippen MR) is 69.5 cm³/mol. The van der Waals surface area contributed by atoms with E-state index in [1.807, 2.05) is 20.8 Å². The average Bonchev–Trinajstić information content (AvgIpc) is 2.68. The van der Waals surface area contributed by atoms with Crippen LogP contribution >= 0.6 is 12.2 Å². The fourth-order valence-electron chi connectivity index (χ4n) is 1.85. The second kappa shape index (κ2) is 4.52. The van der Waals surface area contributed by atoms with Crippen molar-refractivity contribution in [2.24, 2.45) is 0 Å². The van der Waals surface area contributed by atoms with Gasteiger partial charge in [-0.2, -0.15) is 0 Å². The number of nitrogens with one attached hydrogen (secondary N) is 1. The van der Waals surface area contributed by atoms with Crippen molar-refractivity contribution < 1.29 is 13.2 Å². The number of aromatic amines is 1. The van der Waals surface area contributed by atoms with Crippen LogP contribution in [-0.2, 0) is 5.41 Å². The highest BCUT2D eigenvalue weighted by Gasteiger charge is 2.23. The molecule has 0 aliphatic heterocycles. The van der Waals surface area contributed by atoms with Crippen LogP contribution in [0.1, 0.15) is 26.5 Å². The molecular formula is C13H13F3N2S. The Kier molecular flexibility index (Phi) is 3.30. The van der Waals surface area contributed by atoms with Crippen molar-refractivity contribution in [2.45, 2.75) is 26.2 Å². The smallest absolute Gasteiger partial charge is 0.196 e. The highest BCUT2D eigenvalue weighted by atomic mass is 32.1. The summed E-state index contributed by atoms with van der Waals surface area (Å²) in [6, 6.07) is 2.06. The van der Waals surface area contributed by atoms with Gasteiger partial charge in [-0.1, -0.05) is 20.8 Å². The lowest BCUT2D eigenvalue weighted by Gasteiger charge is -2.21. The number of H-pyrrole nitrogens is 1. The first-order valence-corrected chi connectivity index (χ1v) is 6.09. The molecule has 0 saturated carbocycles. The van der Waals surface area contributed by atoms with Gasteiger partial charge in [-0.15, -0.1) is 0 Å². The number of nitrogens with zero attached hydrogens (tertiary/aromatic N) is 1. The zero-order chi connectivity index (χ0) is 14.4. The summed E-state index contributed by atoms with van der Waals surface area (Å²) in [5.41, 5.74) is 0.252. The van der Waals surface area contributed by atoms with Gasteiger partial charge in [0.1, 0.15) is 0 Å². The largest absolute Gasteiger partial charge is 0.337 e.